The molecule has 26 heavy (non-hydrogen) atoms. The summed E-state index contributed by atoms with van der Waals surface area (Å²) >= 11 is 0. The van der Waals surface area contributed by atoms with Gasteiger partial charge in [0.2, 0.25) is 5.79 Å². The van der Waals surface area contributed by atoms with Gasteiger partial charge in [-0.3, -0.25) is 5.73 Å². The smallest absolute Gasteiger partial charge is 0.211 e. The van der Waals surface area contributed by atoms with E-state index in [0.29, 0.717) is 31.9 Å². The van der Waals surface area contributed by atoms with Crippen LogP contribution in [0.25, 0.3) is 0 Å². The minimum Gasteiger partial charge on any atom is -0.383 e. The number of aliphatic imine (C=N–C) groups is 1. The van der Waals surface area contributed by atoms with Crippen molar-refractivity contribution in [2.75, 3.05) is 40.5 Å². The van der Waals surface area contributed by atoms with Crippen LogP contribution in [0, 0.1) is 5.82 Å². The van der Waals surface area contributed by atoms with E-state index in [1.807, 2.05) is 6.08 Å². The Bertz CT molecular complexity index is 625. The van der Waals surface area contributed by atoms with Crippen LogP contribution >= 0.6 is 0 Å². The van der Waals surface area contributed by atoms with Gasteiger partial charge in [0.25, 0.3) is 0 Å². The Kier molecular flexibility index (Phi) is 7.56. The van der Waals surface area contributed by atoms with Crippen molar-refractivity contribution >= 4 is 5.84 Å². The Labute approximate surface area is 154 Å². The second-order valence-corrected chi connectivity index (χ2v) is 6.26. The highest BCUT2D eigenvalue weighted by Gasteiger charge is 2.32. The second kappa shape index (κ2) is 9.66. The first kappa shape index (κ1) is 20.4. The van der Waals surface area contributed by atoms with Crippen molar-refractivity contribution in [3.63, 3.8) is 0 Å². The summed E-state index contributed by atoms with van der Waals surface area (Å²) in [7, 11) is 3.34. The maximum Gasteiger partial charge on any atom is 0.211 e. The molecule has 144 valence electrons. The van der Waals surface area contributed by atoms with Gasteiger partial charge < -0.3 is 19.7 Å². The third-order valence-electron chi connectivity index (χ3n) is 4.20. The molecular weight excluding hydrogens is 335 g/mol. The van der Waals surface area contributed by atoms with E-state index >= 15 is 0 Å². The Morgan fingerprint density at radius 2 is 1.77 bits per heavy atom. The van der Waals surface area contributed by atoms with Gasteiger partial charge >= 0.3 is 0 Å². The van der Waals surface area contributed by atoms with Gasteiger partial charge in [-0.25, -0.2) is 9.38 Å². The van der Waals surface area contributed by atoms with Crippen LogP contribution in [-0.2, 0) is 15.3 Å². The zero-order chi connectivity index (χ0) is 19.0. The van der Waals surface area contributed by atoms with Gasteiger partial charge in [-0.15, -0.1) is 0 Å². The van der Waals surface area contributed by atoms with Gasteiger partial charge in [0.15, 0.2) is 0 Å². The molecule has 1 aliphatic heterocycles. The van der Waals surface area contributed by atoms with Crippen LogP contribution < -0.4 is 11.1 Å². The van der Waals surface area contributed by atoms with E-state index in [-0.39, 0.29) is 5.82 Å². The quantitative estimate of drug-likeness (QED) is 0.703. The van der Waals surface area contributed by atoms with Crippen molar-refractivity contribution in [3.8, 4) is 0 Å². The molecule has 7 heteroatoms. The monoisotopic (exact) mass is 364 g/mol. The van der Waals surface area contributed by atoms with E-state index in [9.17, 15) is 4.39 Å². The number of halogens is 1. The first-order valence-electron chi connectivity index (χ1n) is 8.88. The van der Waals surface area contributed by atoms with Crippen molar-refractivity contribution in [1.29, 1.82) is 0 Å². The van der Waals surface area contributed by atoms with E-state index in [2.05, 4.69) is 17.1 Å². The number of amidine groups is 1. The minimum atomic E-state index is -1.14. The minimum absolute atomic E-state index is 0.302. The Hall–Kier alpha value is -1.96. The van der Waals surface area contributed by atoms with Gasteiger partial charge in [0.1, 0.15) is 11.7 Å². The van der Waals surface area contributed by atoms with Crippen molar-refractivity contribution in [3.05, 3.63) is 47.4 Å². The third-order valence-corrected chi connectivity index (χ3v) is 4.20. The number of hydrogen-bond donors (Lipinski definition) is 2. The first-order chi connectivity index (χ1) is 12.5. The molecule has 0 radical (unpaired) electrons. The highest BCUT2D eigenvalue weighted by Crippen LogP contribution is 2.25. The van der Waals surface area contributed by atoms with E-state index in [0.717, 1.165) is 24.4 Å². The zero-order valence-corrected chi connectivity index (χ0v) is 15.8. The molecule has 6 nitrogen and oxygen atoms in total. The average Bonchev–Trinajstić information content (AvgIpc) is 2.62. The molecule has 1 aromatic rings. The summed E-state index contributed by atoms with van der Waals surface area (Å²) in [5.41, 5.74) is 8.29. The van der Waals surface area contributed by atoms with Crippen LogP contribution in [0.2, 0.25) is 0 Å². The summed E-state index contributed by atoms with van der Waals surface area (Å²) in [6.45, 7) is 4.60. The molecule has 0 spiro atoms. The molecule has 0 aliphatic carbocycles. The van der Waals surface area contributed by atoms with Crippen LogP contribution in [0.5, 0.6) is 0 Å². The van der Waals surface area contributed by atoms with Gasteiger partial charge in [-0.2, -0.15) is 0 Å². The molecule has 1 atom stereocenters. The normalized spacial score (nSPS) is 19.6. The van der Waals surface area contributed by atoms with Crippen molar-refractivity contribution in [2.45, 2.75) is 25.6 Å². The van der Waals surface area contributed by atoms with Crippen molar-refractivity contribution in [2.24, 2.45) is 10.7 Å². The molecule has 1 heterocycles. The summed E-state index contributed by atoms with van der Waals surface area (Å²) in [5.74, 6) is -0.669. The number of benzene rings is 1. The number of hydrogen-bond acceptors (Lipinski definition) is 6. The fraction of sp³-hybridized carbons (Fsp3) is 0.526. The van der Waals surface area contributed by atoms with E-state index in [1.165, 1.54) is 12.1 Å². The van der Waals surface area contributed by atoms with Gasteiger partial charge in [0.05, 0.1) is 13.2 Å². The first-order valence-corrected chi connectivity index (χ1v) is 8.88. The molecule has 0 amide bonds. The van der Waals surface area contributed by atoms with Crippen molar-refractivity contribution in [1.82, 2.24) is 10.2 Å². The largest absolute Gasteiger partial charge is 0.383 e. The fourth-order valence-corrected chi connectivity index (χ4v) is 2.83. The maximum absolute atomic E-state index is 13.3. The fourth-order valence-electron chi connectivity index (χ4n) is 2.83. The Morgan fingerprint density at radius 3 is 2.31 bits per heavy atom. The lowest BCUT2D eigenvalue weighted by Crippen LogP contribution is -2.53. The van der Waals surface area contributed by atoms with Gasteiger partial charge in [-0.05, 0) is 24.6 Å². The predicted molar refractivity (Wildman–Crippen MR) is 101 cm³/mol. The molecule has 2 rings (SSSR count). The summed E-state index contributed by atoms with van der Waals surface area (Å²) < 4.78 is 23.8. The molecule has 0 fully saturated rings. The van der Waals surface area contributed by atoms with Crippen LogP contribution in [0.15, 0.2) is 41.0 Å². The lowest BCUT2D eigenvalue weighted by molar-refractivity contribution is 0.145. The second-order valence-electron chi connectivity index (χ2n) is 6.26. The number of nitrogens with two attached hydrogens (primary N) is 1. The summed E-state index contributed by atoms with van der Waals surface area (Å²) in [4.78, 5) is 6.84. The lowest BCUT2D eigenvalue weighted by Gasteiger charge is -2.36. The molecule has 1 unspecified atom stereocenters. The highest BCUT2D eigenvalue weighted by molar-refractivity contribution is 5.94. The number of nitrogens with zero attached hydrogens (tertiary/aromatic N) is 2. The standard InChI is InChI=1S/C19H29FN4O2/c1-4-5-17-14-18(24(10-12-25-2)11-13-26-3)23-19(21,22-17)15-6-8-16(20)9-7-15/h6-9,14,22H,4-5,10-13,21H2,1-3H3. The highest BCUT2D eigenvalue weighted by atomic mass is 19.1. The summed E-state index contributed by atoms with van der Waals surface area (Å²) in [6, 6.07) is 6.11. The number of ether oxygens (including phenoxy) is 2. The van der Waals surface area contributed by atoms with Gasteiger partial charge in [-0.1, -0.05) is 25.5 Å². The molecule has 3 N–H and O–H groups in total. The van der Waals surface area contributed by atoms with Crippen LogP contribution in [0.1, 0.15) is 25.3 Å². The number of rotatable bonds is 9. The zero-order valence-electron chi connectivity index (χ0n) is 15.8. The van der Waals surface area contributed by atoms with Crippen LogP contribution in [0.3, 0.4) is 0 Å². The molecule has 1 aliphatic rings. The maximum atomic E-state index is 13.3. The van der Waals surface area contributed by atoms with E-state index in [1.54, 1.807) is 26.4 Å². The van der Waals surface area contributed by atoms with E-state index < -0.39 is 5.79 Å². The SMILES string of the molecule is CCCC1=CC(N(CCOC)CCOC)=NC(N)(c2ccc(F)cc2)N1. The summed E-state index contributed by atoms with van der Waals surface area (Å²) in [6.07, 6.45) is 3.84. The van der Waals surface area contributed by atoms with Crippen molar-refractivity contribution < 1.29 is 13.9 Å². The molecule has 0 aromatic heterocycles. The molecule has 0 saturated heterocycles. The average molecular weight is 364 g/mol. The van der Waals surface area contributed by atoms with Gasteiger partial charge in [0, 0.05) is 38.6 Å². The molecule has 1 aromatic carbocycles. The number of allylic oxidation sites excluding steroid dienone is 1. The van der Waals surface area contributed by atoms with E-state index in [4.69, 9.17) is 20.2 Å². The topological polar surface area (TPSA) is 72.1 Å². The third kappa shape index (κ3) is 5.27. The molecule has 0 saturated carbocycles. The lowest BCUT2D eigenvalue weighted by atomic mass is 10.1. The molecular formula is C19H29FN4O2. The van der Waals surface area contributed by atoms with Crippen LogP contribution in [0.4, 0.5) is 4.39 Å². The molecule has 0 bridgehead atoms. The predicted octanol–water partition coefficient (Wildman–Crippen LogP) is 2.18. The Morgan fingerprint density at radius 1 is 1.15 bits per heavy atom. The number of methoxy groups -OCH3 is 2. The van der Waals surface area contributed by atoms with Crippen LogP contribution in [-0.4, -0.2) is 51.3 Å². The summed E-state index contributed by atoms with van der Waals surface area (Å²) in [5, 5.41) is 3.30. The Balaban J connectivity index is 2.37. The number of nitrogens with one attached hydrogen (secondary N) is 1.